The highest BCUT2D eigenvalue weighted by Crippen LogP contribution is 2.26. The van der Waals surface area contributed by atoms with Crippen molar-refractivity contribution in [3.8, 4) is 0 Å². The van der Waals surface area contributed by atoms with Gasteiger partial charge >= 0.3 is 0 Å². The fourth-order valence-electron chi connectivity index (χ4n) is 2.34. The van der Waals surface area contributed by atoms with Crippen LogP contribution in [0.5, 0.6) is 0 Å². The Morgan fingerprint density at radius 1 is 1.18 bits per heavy atom. The molecule has 1 aliphatic rings. The van der Waals surface area contributed by atoms with Crippen LogP contribution in [0.1, 0.15) is 57.8 Å². The van der Waals surface area contributed by atoms with Crippen LogP contribution in [-0.4, -0.2) is 29.7 Å². The van der Waals surface area contributed by atoms with E-state index in [2.05, 4.69) is 5.32 Å². The van der Waals surface area contributed by atoms with Crippen molar-refractivity contribution in [3.05, 3.63) is 0 Å². The van der Waals surface area contributed by atoms with Crippen molar-refractivity contribution in [1.82, 2.24) is 5.32 Å². The van der Waals surface area contributed by atoms with E-state index in [0.29, 0.717) is 19.5 Å². The lowest BCUT2D eigenvalue weighted by atomic mass is 9.94. The minimum atomic E-state index is -0.667. The molecule has 0 bridgehead atoms. The van der Waals surface area contributed by atoms with E-state index in [-0.39, 0.29) is 5.91 Å². The molecule has 0 aliphatic heterocycles. The van der Waals surface area contributed by atoms with Crippen molar-refractivity contribution in [3.63, 3.8) is 0 Å². The number of aliphatic hydroxyl groups is 1. The van der Waals surface area contributed by atoms with Gasteiger partial charge in [0.05, 0.1) is 5.60 Å². The number of unbranched alkanes of at least 4 members (excludes halogenated alkanes) is 1. The molecule has 1 rings (SSSR count). The lowest BCUT2D eigenvalue weighted by molar-refractivity contribution is -0.122. The van der Waals surface area contributed by atoms with Crippen LogP contribution < -0.4 is 11.1 Å². The number of carbonyl (C=O) groups is 1. The van der Waals surface area contributed by atoms with Crippen LogP contribution in [0, 0.1) is 0 Å². The molecule has 17 heavy (non-hydrogen) atoms. The molecule has 1 fully saturated rings. The van der Waals surface area contributed by atoms with Crippen LogP contribution in [0.2, 0.25) is 0 Å². The Balaban J connectivity index is 2.20. The Labute approximate surface area is 104 Å². The highest BCUT2D eigenvalue weighted by atomic mass is 16.3. The molecule has 100 valence electrons. The fourth-order valence-corrected chi connectivity index (χ4v) is 2.34. The third kappa shape index (κ3) is 6.03. The van der Waals surface area contributed by atoms with Gasteiger partial charge in [0.25, 0.3) is 0 Å². The van der Waals surface area contributed by atoms with Gasteiger partial charge in [-0.2, -0.15) is 0 Å². The predicted octanol–water partition coefficient (Wildman–Crippen LogP) is 1.32. The minimum Gasteiger partial charge on any atom is -0.388 e. The van der Waals surface area contributed by atoms with E-state index in [9.17, 15) is 9.90 Å². The number of carbonyl (C=O) groups excluding carboxylic acids is 1. The van der Waals surface area contributed by atoms with E-state index >= 15 is 0 Å². The number of hydrogen-bond acceptors (Lipinski definition) is 3. The maximum Gasteiger partial charge on any atom is 0.220 e. The van der Waals surface area contributed by atoms with Crippen LogP contribution in [-0.2, 0) is 4.79 Å². The molecule has 1 amide bonds. The zero-order valence-electron chi connectivity index (χ0n) is 10.7. The first-order chi connectivity index (χ1) is 8.16. The summed E-state index contributed by atoms with van der Waals surface area (Å²) in [5.74, 6) is 0.0381. The van der Waals surface area contributed by atoms with Gasteiger partial charge in [-0.25, -0.2) is 0 Å². The van der Waals surface area contributed by atoms with Crippen molar-refractivity contribution >= 4 is 5.91 Å². The second kappa shape index (κ2) is 7.67. The molecule has 0 heterocycles. The van der Waals surface area contributed by atoms with E-state index < -0.39 is 5.60 Å². The molecular weight excluding hydrogens is 216 g/mol. The highest BCUT2D eigenvalue weighted by Gasteiger charge is 2.28. The van der Waals surface area contributed by atoms with Crippen LogP contribution in [0.15, 0.2) is 0 Å². The lowest BCUT2D eigenvalue weighted by Gasteiger charge is -2.26. The second-order valence-electron chi connectivity index (χ2n) is 5.16. The first-order valence-electron chi connectivity index (χ1n) is 6.85. The predicted molar refractivity (Wildman–Crippen MR) is 68.6 cm³/mol. The Bertz CT molecular complexity index is 223. The maximum absolute atomic E-state index is 11.5. The number of hydrogen-bond donors (Lipinski definition) is 3. The average Bonchev–Trinajstić information content (AvgIpc) is 2.53. The van der Waals surface area contributed by atoms with Crippen molar-refractivity contribution in [2.24, 2.45) is 5.73 Å². The van der Waals surface area contributed by atoms with Gasteiger partial charge < -0.3 is 16.2 Å². The summed E-state index contributed by atoms with van der Waals surface area (Å²) >= 11 is 0. The Morgan fingerprint density at radius 3 is 2.41 bits per heavy atom. The van der Waals surface area contributed by atoms with E-state index in [1.807, 2.05) is 0 Å². The van der Waals surface area contributed by atoms with Gasteiger partial charge in [-0.1, -0.05) is 25.7 Å². The van der Waals surface area contributed by atoms with Gasteiger partial charge in [0, 0.05) is 13.0 Å². The third-order valence-electron chi connectivity index (χ3n) is 3.51. The molecule has 1 aliphatic carbocycles. The van der Waals surface area contributed by atoms with Crippen LogP contribution in [0.25, 0.3) is 0 Å². The smallest absolute Gasteiger partial charge is 0.220 e. The standard InChI is InChI=1S/C13H26N2O2/c14-10-6-3-7-12(16)15-11-13(17)8-4-1-2-5-9-13/h17H,1-11,14H2,(H,15,16). The number of rotatable bonds is 6. The van der Waals surface area contributed by atoms with Crippen LogP contribution in [0.3, 0.4) is 0 Å². The van der Waals surface area contributed by atoms with E-state index in [4.69, 9.17) is 5.73 Å². The molecule has 0 radical (unpaired) electrons. The first kappa shape index (κ1) is 14.5. The van der Waals surface area contributed by atoms with Crippen LogP contribution in [0.4, 0.5) is 0 Å². The fraction of sp³-hybridized carbons (Fsp3) is 0.923. The Hall–Kier alpha value is -0.610. The monoisotopic (exact) mass is 242 g/mol. The normalized spacial score (nSPS) is 19.6. The van der Waals surface area contributed by atoms with Gasteiger partial charge in [0.15, 0.2) is 0 Å². The molecule has 0 aromatic heterocycles. The van der Waals surface area contributed by atoms with E-state index in [1.165, 1.54) is 12.8 Å². The number of nitrogens with one attached hydrogen (secondary N) is 1. The topological polar surface area (TPSA) is 75.4 Å². The Kier molecular flexibility index (Phi) is 6.52. The summed E-state index contributed by atoms with van der Waals surface area (Å²) in [5, 5.41) is 13.2. The molecule has 4 nitrogen and oxygen atoms in total. The molecule has 0 unspecified atom stereocenters. The molecular formula is C13H26N2O2. The summed E-state index contributed by atoms with van der Waals surface area (Å²) in [5.41, 5.74) is 4.71. The molecule has 0 spiro atoms. The summed E-state index contributed by atoms with van der Waals surface area (Å²) in [6, 6.07) is 0. The SMILES string of the molecule is NCCCCC(=O)NCC1(O)CCCCCC1. The quantitative estimate of drug-likeness (QED) is 0.485. The van der Waals surface area contributed by atoms with Gasteiger partial charge in [-0.3, -0.25) is 4.79 Å². The van der Waals surface area contributed by atoms with Gasteiger partial charge in [0.1, 0.15) is 0 Å². The van der Waals surface area contributed by atoms with Crippen LogP contribution >= 0.6 is 0 Å². The van der Waals surface area contributed by atoms with Gasteiger partial charge in [-0.05, 0) is 32.2 Å². The zero-order valence-corrected chi connectivity index (χ0v) is 10.7. The van der Waals surface area contributed by atoms with Gasteiger partial charge in [0.2, 0.25) is 5.91 Å². The highest BCUT2D eigenvalue weighted by molar-refractivity contribution is 5.75. The third-order valence-corrected chi connectivity index (χ3v) is 3.51. The molecule has 0 atom stereocenters. The van der Waals surface area contributed by atoms with E-state index in [0.717, 1.165) is 38.5 Å². The molecule has 4 N–H and O–H groups in total. The molecule has 0 aromatic rings. The molecule has 0 saturated heterocycles. The van der Waals surface area contributed by atoms with Crippen molar-refractivity contribution < 1.29 is 9.90 Å². The van der Waals surface area contributed by atoms with Crippen molar-refractivity contribution in [2.75, 3.05) is 13.1 Å². The second-order valence-corrected chi connectivity index (χ2v) is 5.16. The summed E-state index contributed by atoms with van der Waals surface area (Å²) in [4.78, 5) is 11.5. The van der Waals surface area contributed by atoms with Crippen molar-refractivity contribution in [2.45, 2.75) is 63.4 Å². The summed E-state index contributed by atoms with van der Waals surface area (Å²) < 4.78 is 0. The largest absolute Gasteiger partial charge is 0.388 e. The van der Waals surface area contributed by atoms with E-state index in [1.54, 1.807) is 0 Å². The van der Waals surface area contributed by atoms with Crippen molar-refractivity contribution in [1.29, 1.82) is 0 Å². The summed E-state index contributed by atoms with van der Waals surface area (Å²) in [6.45, 7) is 1.05. The number of amides is 1. The summed E-state index contributed by atoms with van der Waals surface area (Å²) in [7, 11) is 0. The number of nitrogens with two attached hydrogens (primary N) is 1. The lowest BCUT2D eigenvalue weighted by Crippen LogP contribution is -2.42. The minimum absolute atomic E-state index is 0.0381. The summed E-state index contributed by atoms with van der Waals surface area (Å²) in [6.07, 6.45) is 8.41. The molecule has 0 aromatic carbocycles. The Morgan fingerprint density at radius 2 is 1.82 bits per heavy atom. The average molecular weight is 242 g/mol. The first-order valence-corrected chi connectivity index (χ1v) is 6.85. The zero-order chi connectivity index (χ0) is 12.6. The molecule has 1 saturated carbocycles. The molecule has 4 heteroatoms. The maximum atomic E-state index is 11.5. The van der Waals surface area contributed by atoms with Gasteiger partial charge in [-0.15, -0.1) is 0 Å².